The fourth-order valence-electron chi connectivity index (χ4n) is 2.39. The maximum absolute atomic E-state index is 12.7. The van der Waals surface area contributed by atoms with Crippen LogP contribution in [0.15, 0.2) is 48.5 Å². The molecule has 1 unspecified atom stereocenters. The van der Waals surface area contributed by atoms with Crippen molar-refractivity contribution in [3.8, 4) is 5.75 Å². The molecule has 0 aliphatic rings. The molecular weight excluding hydrogens is 331 g/mol. The topological polar surface area (TPSA) is 38.3 Å². The smallest absolute Gasteiger partial charge is 0.416 e. The number of benzene rings is 2. The van der Waals surface area contributed by atoms with Gasteiger partial charge in [0.1, 0.15) is 5.75 Å². The number of carbonyl (C=O) groups excluding carboxylic acids is 1. The Morgan fingerprint density at radius 3 is 2.44 bits per heavy atom. The van der Waals surface area contributed by atoms with Gasteiger partial charge in [-0.15, -0.1) is 0 Å². The SMILES string of the molecule is COc1ccc(CCC(C)NC(=O)c2cccc(C(F)(F)F)c2)cc1. The Labute approximate surface area is 144 Å². The zero-order chi connectivity index (χ0) is 18.4. The van der Waals surface area contributed by atoms with Crippen LogP contribution < -0.4 is 10.1 Å². The summed E-state index contributed by atoms with van der Waals surface area (Å²) in [6.45, 7) is 1.83. The number of hydrogen-bond donors (Lipinski definition) is 1. The molecule has 2 aromatic carbocycles. The summed E-state index contributed by atoms with van der Waals surface area (Å²) >= 11 is 0. The summed E-state index contributed by atoms with van der Waals surface area (Å²) in [6.07, 6.45) is -3.04. The molecule has 0 spiro atoms. The Hall–Kier alpha value is -2.50. The number of nitrogens with one attached hydrogen (secondary N) is 1. The molecule has 6 heteroatoms. The van der Waals surface area contributed by atoms with Crippen molar-refractivity contribution in [2.24, 2.45) is 0 Å². The van der Waals surface area contributed by atoms with Crippen molar-refractivity contribution in [1.82, 2.24) is 5.32 Å². The van der Waals surface area contributed by atoms with Crippen LogP contribution in [0.5, 0.6) is 5.75 Å². The van der Waals surface area contributed by atoms with Crippen molar-refractivity contribution in [2.75, 3.05) is 7.11 Å². The molecule has 25 heavy (non-hydrogen) atoms. The third kappa shape index (κ3) is 5.52. The van der Waals surface area contributed by atoms with Crippen LogP contribution in [0.1, 0.15) is 34.8 Å². The van der Waals surface area contributed by atoms with Crippen LogP contribution in [0.3, 0.4) is 0 Å². The summed E-state index contributed by atoms with van der Waals surface area (Å²) < 4.78 is 43.2. The van der Waals surface area contributed by atoms with Crippen LogP contribution in [0.2, 0.25) is 0 Å². The number of amides is 1. The van der Waals surface area contributed by atoms with Crippen molar-refractivity contribution >= 4 is 5.91 Å². The van der Waals surface area contributed by atoms with E-state index in [0.717, 1.165) is 29.9 Å². The molecule has 2 rings (SSSR count). The van der Waals surface area contributed by atoms with Crippen LogP contribution in [0, 0.1) is 0 Å². The lowest BCUT2D eigenvalue weighted by molar-refractivity contribution is -0.137. The number of hydrogen-bond acceptors (Lipinski definition) is 2. The van der Waals surface area contributed by atoms with E-state index < -0.39 is 17.6 Å². The Bertz CT molecular complexity index is 711. The molecule has 1 N–H and O–H groups in total. The summed E-state index contributed by atoms with van der Waals surface area (Å²) in [4.78, 5) is 12.1. The van der Waals surface area contributed by atoms with Gasteiger partial charge < -0.3 is 10.1 Å². The Morgan fingerprint density at radius 2 is 1.84 bits per heavy atom. The van der Waals surface area contributed by atoms with Crippen LogP contribution in [-0.2, 0) is 12.6 Å². The highest BCUT2D eigenvalue weighted by Crippen LogP contribution is 2.29. The van der Waals surface area contributed by atoms with Crippen LogP contribution in [-0.4, -0.2) is 19.1 Å². The monoisotopic (exact) mass is 351 g/mol. The molecule has 0 aliphatic heterocycles. The Morgan fingerprint density at radius 1 is 1.16 bits per heavy atom. The van der Waals surface area contributed by atoms with Gasteiger partial charge in [-0.25, -0.2) is 0 Å². The van der Waals surface area contributed by atoms with E-state index in [2.05, 4.69) is 5.32 Å². The Balaban J connectivity index is 1.91. The summed E-state index contributed by atoms with van der Waals surface area (Å²) in [5.41, 5.74) is 0.276. The van der Waals surface area contributed by atoms with Crippen LogP contribution in [0.25, 0.3) is 0 Å². The van der Waals surface area contributed by atoms with E-state index in [1.807, 2.05) is 31.2 Å². The van der Waals surface area contributed by atoms with E-state index in [1.165, 1.54) is 12.1 Å². The van der Waals surface area contributed by atoms with Crippen molar-refractivity contribution in [3.63, 3.8) is 0 Å². The van der Waals surface area contributed by atoms with Crippen LogP contribution >= 0.6 is 0 Å². The Kier molecular flexibility index (Phi) is 6.07. The van der Waals surface area contributed by atoms with Crippen molar-refractivity contribution in [3.05, 3.63) is 65.2 Å². The quantitative estimate of drug-likeness (QED) is 0.834. The third-order valence-corrected chi connectivity index (χ3v) is 3.85. The van der Waals surface area contributed by atoms with Crippen molar-refractivity contribution in [1.29, 1.82) is 0 Å². The summed E-state index contributed by atoms with van der Waals surface area (Å²) in [5.74, 6) is 0.267. The average molecular weight is 351 g/mol. The molecular formula is C19H20F3NO2. The summed E-state index contributed by atoms with van der Waals surface area (Å²) in [5, 5.41) is 2.74. The fraction of sp³-hybridized carbons (Fsp3) is 0.316. The molecule has 134 valence electrons. The van der Waals surface area contributed by atoms with Crippen LogP contribution in [0.4, 0.5) is 13.2 Å². The normalized spacial score (nSPS) is 12.5. The molecule has 1 atom stereocenters. The lowest BCUT2D eigenvalue weighted by atomic mass is 10.1. The van der Waals surface area contributed by atoms with E-state index in [4.69, 9.17) is 4.74 Å². The second-order valence-corrected chi connectivity index (χ2v) is 5.84. The van der Waals surface area contributed by atoms with Gasteiger partial charge in [0.15, 0.2) is 0 Å². The molecule has 0 bridgehead atoms. The first-order chi connectivity index (χ1) is 11.8. The fourth-order valence-corrected chi connectivity index (χ4v) is 2.39. The van der Waals surface area contributed by atoms with Gasteiger partial charge in [0.2, 0.25) is 0 Å². The average Bonchev–Trinajstić information content (AvgIpc) is 2.59. The predicted octanol–water partition coefficient (Wildman–Crippen LogP) is 4.47. The first-order valence-corrected chi connectivity index (χ1v) is 7.90. The van der Waals surface area contributed by atoms with E-state index in [-0.39, 0.29) is 11.6 Å². The maximum atomic E-state index is 12.7. The zero-order valence-electron chi connectivity index (χ0n) is 14.1. The number of carbonyl (C=O) groups is 1. The molecule has 1 amide bonds. The highest BCUT2D eigenvalue weighted by molar-refractivity contribution is 5.94. The largest absolute Gasteiger partial charge is 0.497 e. The highest BCUT2D eigenvalue weighted by atomic mass is 19.4. The van der Waals surface area contributed by atoms with Gasteiger partial charge in [0.05, 0.1) is 12.7 Å². The zero-order valence-corrected chi connectivity index (χ0v) is 14.1. The lowest BCUT2D eigenvalue weighted by Crippen LogP contribution is -2.33. The molecule has 0 aromatic heterocycles. The lowest BCUT2D eigenvalue weighted by Gasteiger charge is -2.15. The predicted molar refractivity (Wildman–Crippen MR) is 89.7 cm³/mol. The summed E-state index contributed by atoms with van der Waals surface area (Å²) in [7, 11) is 1.60. The van der Waals surface area contributed by atoms with Gasteiger partial charge in [-0.05, 0) is 55.7 Å². The van der Waals surface area contributed by atoms with Gasteiger partial charge in [0, 0.05) is 11.6 Å². The van der Waals surface area contributed by atoms with E-state index >= 15 is 0 Å². The number of methoxy groups -OCH3 is 1. The van der Waals surface area contributed by atoms with E-state index in [9.17, 15) is 18.0 Å². The minimum atomic E-state index is -4.46. The first-order valence-electron chi connectivity index (χ1n) is 7.90. The van der Waals surface area contributed by atoms with Gasteiger partial charge in [-0.2, -0.15) is 13.2 Å². The van der Waals surface area contributed by atoms with Gasteiger partial charge in [-0.1, -0.05) is 18.2 Å². The number of ether oxygens (including phenoxy) is 1. The molecule has 0 saturated heterocycles. The molecule has 0 aliphatic carbocycles. The van der Waals surface area contributed by atoms with E-state index in [1.54, 1.807) is 7.11 Å². The number of alkyl halides is 3. The van der Waals surface area contributed by atoms with E-state index in [0.29, 0.717) is 6.42 Å². The molecule has 2 aromatic rings. The second kappa shape index (κ2) is 8.05. The number of aryl methyl sites for hydroxylation is 1. The first kappa shape index (κ1) is 18.8. The second-order valence-electron chi connectivity index (χ2n) is 5.84. The maximum Gasteiger partial charge on any atom is 0.416 e. The molecule has 0 saturated carbocycles. The summed E-state index contributed by atoms with van der Waals surface area (Å²) in [6, 6.07) is 11.9. The standard InChI is InChI=1S/C19H20F3NO2/c1-13(6-7-14-8-10-17(25-2)11-9-14)23-18(24)15-4-3-5-16(12-15)19(20,21)22/h3-5,8-13H,6-7H2,1-2H3,(H,23,24). The minimum Gasteiger partial charge on any atom is -0.497 e. The van der Waals surface area contributed by atoms with Crippen molar-refractivity contribution < 1.29 is 22.7 Å². The molecule has 0 radical (unpaired) electrons. The molecule has 0 heterocycles. The third-order valence-electron chi connectivity index (χ3n) is 3.85. The minimum absolute atomic E-state index is 0.00567. The molecule has 3 nitrogen and oxygen atoms in total. The van der Waals surface area contributed by atoms with Gasteiger partial charge in [-0.3, -0.25) is 4.79 Å². The van der Waals surface area contributed by atoms with Gasteiger partial charge in [0.25, 0.3) is 5.91 Å². The number of halogens is 3. The number of rotatable bonds is 6. The van der Waals surface area contributed by atoms with Gasteiger partial charge >= 0.3 is 6.18 Å². The van der Waals surface area contributed by atoms with Crippen molar-refractivity contribution in [2.45, 2.75) is 32.0 Å². The molecule has 0 fully saturated rings. The highest BCUT2D eigenvalue weighted by Gasteiger charge is 2.30.